The average molecular weight is 262 g/mol. The second-order valence-corrected chi connectivity index (χ2v) is 4.51. The van der Waals surface area contributed by atoms with Crippen LogP contribution in [0.5, 0.6) is 0 Å². The molecule has 98 valence electrons. The van der Waals surface area contributed by atoms with Crippen molar-refractivity contribution in [2.24, 2.45) is 5.73 Å². The summed E-state index contributed by atoms with van der Waals surface area (Å²) >= 11 is 0. The number of nitrogens with two attached hydrogens (primary N) is 1. The highest BCUT2D eigenvalue weighted by atomic mass is 16.2. The van der Waals surface area contributed by atoms with Gasteiger partial charge in [0.25, 0.3) is 0 Å². The molecule has 0 heterocycles. The summed E-state index contributed by atoms with van der Waals surface area (Å²) in [4.78, 5) is 13.4. The van der Waals surface area contributed by atoms with Gasteiger partial charge < -0.3 is 5.73 Å². The molecule has 3 rings (SSSR count). The first kappa shape index (κ1) is 12.2. The molecule has 2 amide bonds. The number of primary amides is 1. The second kappa shape index (κ2) is 5.05. The zero-order chi connectivity index (χ0) is 13.9. The molecule has 3 aromatic rings. The molecule has 0 aliphatic rings. The first-order chi connectivity index (χ1) is 9.77. The summed E-state index contributed by atoms with van der Waals surface area (Å²) in [5.41, 5.74) is 7.13. The Morgan fingerprint density at radius 2 is 1.45 bits per heavy atom. The van der Waals surface area contributed by atoms with E-state index in [-0.39, 0.29) is 0 Å². The monoisotopic (exact) mass is 262 g/mol. The van der Waals surface area contributed by atoms with Crippen molar-refractivity contribution in [1.82, 2.24) is 0 Å². The van der Waals surface area contributed by atoms with Gasteiger partial charge in [-0.2, -0.15) is 0 Å². The molecule has 3 nitrogen and oxygen atoms in total. The fourth-order valence-electron chi connectivity index (χ4n) is 2.37. The van der Waals surface area contributed by atoms with Crippen LogP contribution in [0.3, 0.4) is 0 Å². The van der Waals surface area contributed by atoms with Crippen LogP contribution < -0.4 is 10.6 Å². The number of carbonyl (C=O) groups excluding carboxylic acids is 1. The molecule has 0 radical (unpaired) electrons. The molecule has 2 N–H and O–H groups in total. The van der Waals surface area contributed by atoms with Crippen molar-refractivity contribution in [3.8, 4) is 0 Å². The lowest BCUT2D eigenvalue weighted by atomic mass is 10.1. The number of anilines is 2. The number of hydrogen-bond donors (Lipinski definition) is 1. The van der Waals surface area contributed by atoms with E-state index in [1.807, 2.05) is 72.8 Å². The van der Waals surface area contributed by atoms with Crippen molar-refractivity contribution in [2.45, 2.75) is 0 Å². The van der Waals surface area contributed by atoms with E-state index < -0.39 is 6.03 Å². The maximum absolute atomic E-state index is 11.9. The molecule has 0 aliphatic carbocycles. The highest BCUT2D eigenvalue weighted by Crippen LogP contribution is 2.31. The van der Waals surface area contributed by atoms with Crippen LogP contribution in [0.25, 0.3) is 10.8 Å². The van der Waals surface area contributed by atoms with E-state index in [1.54, 1.807) is 0 Å². The first-order valence-corrected chi connectivity index (χ1v) is 6.40. The standard InChI is InChI=1S/C17H14N2O/c18-17(20)19(14-9-2-1-3-10-14)16-12-6-8-13-7-4-5-11-15(13)16/h1-12H,(H2,18,20). The molecule has 0 bridgehead atoms. The van der Waals surface area contributed by atoms with Crippen molar-refractivity contribution >= 4 is 28.2 Å². The molecule has 0 saturated heterocycles. The second-order valence-electron chi connectivity index (χ2n) is 4.51. The number of nitrogens with zero attached hydrogens (tertiary/aromatic N) is 1. The van der Waals surface area contributed by atoms with E-state index in [4.69, 9.17) is 5.73 Å². The van der Waals surface area contributed by atoms with Crippen molar-refractivity contribution in [1.29, 1.82) is 0 Å². The maximum Gasteiger partial charge on any atom is 0.323 e. The Hall–Kier alpha value is -2.81. The Labute approximate surface area is 117 Å². The number of benzene rings is 3. The van der Waals surface area contributed by atoms with Crippen molar-refractivity contribution in [3.05, 3.63) is 72.8 Å². The Morgan fingerprint density at radius 3 is 2.20 bits per heavy atom. The molecule has 0 unspecified atom stereocenters. The van der Waals surface area contributed by atoms with Gasteiger partial charge in [-0.15, -0.1) is 0 Å². The molecule has 0 fully saturated rings. The predicted molar refractivity (Wildman–Crippen MR) is 82.1 cm³/mol. The molecule has 20 heavy (non-hydrogen) atoms. The summed E-state index contributed by atoms with van der Waals surface area (Å²) in [6, 6.07) is 22.7. The fraction of sp³-hybridized carbons (Fsp3) is 0. The van der Waals surface area contributed by atoms with Crippen molar-refractivity contribution in [3.63, 3.8) is 0 Å². The molecule has 3 heteroatoms. The van der Waals surface area contributed by atoms with Gasteiger partial charge in [0.2, 0.25) is 0 Å². The minimum absolute atomic E-state index is 0.493. The summed E-state index contributed by atoms with van der Waals surface area (Å²) < 4.78 is 0. The quantitative estimate of drug-likeness (QED) is 0.743. The number of hydrogen-bond acceptors (Lipinski definition) is 1. The zero-order valence-corrected chi connectivity index (χ0v) is 10.9. The van der Waals surface area contributed by atoms with E-state index in [0.717, 1.165) is 22.1 Å². The van der Waals surface area contributed by atoms with Gasteiger partial charge >= 0.3 is 6.03 Å². The van der Waals surface area contributed by atoms with E-state index >= 15 is 0 Å². The molecular weight excluding hydrogens is 248 g/mol. The third-order valence-corrected chi connectivity index (χ3v) is 3.24. The Balaban J connectivity index is 2.23. The molecule has 0 atom stereocenters. The number of fused-ring (bicyclic) bond motifs is 1. The van der Waals surface area contributed by atoms with E-state index in [1.165, 1.54) is 4.90 Å². The van der Waals surface area contributed by atoms with Crippen LogP contribution in [0.4, 0.5) is 16.2 Å². The fourth-order valence-corrected chi connectivity index (χ4v) is 2.37. The third kappa shape index (κ3) is 2.10. The van der Waals surface area contributed by atoms with Gasteiger partial charge in [0.15, 0.2) is 0 Å². The Bertz CT molecular complexity index is 748. The number of urea groups is 1. The van der Waals surface area contributed by atoms with Crippen molar-refractivity contribution in [2.75, 3.05) is 4.90 Å². The van der Waals surface area contributed by atoms with Gasteiger partial charge in [0.05, 0.1) is 11.4 Å². The van der Waals surface area contributed by atoms with Crippen molar-refractivity contribution < 1.29 is 4.79 Å². The topological polar surface area (TPSA) is 46.3 Å². The summed E-state index contributed by atoms with van der Waals surface area (Å²) in [7, 11) is 0. The number of carbonyl (C=O) groups is 1. The lowest BCUT2D eigenvalue weighted by Crippen LogP contribution is -2.31. The molecule has 0 aliphatic heterocycles. The van der Waals surface area contributed by atoms with Crippen LogP contribution >= 0.6 is 0 Å². The van der Waals surface area contributed by atoms with Crippen LogP contribution in [0.1, 0.15) is 0 Å². The number of para-hydroxylation sites is 1. The molecule has 0 spiro atoms. The minimum atomic E-state index is -0.493. The normalized spacial score (nSPS) is 10.4. The lowest BCUT2D eigenvalue weighted by molar-refractivity contribution is 0.256. The van der Waals surface area contributed by atoms with Crippen LogP contribution in [-0.2, 0) is 0 Å². The summed E-state index contributed by atoms with van der Waals surface area (Å²) in [5, 5.41) is 2.07. The van der Waals surface area contributed by atoms with Crippen LogP contribution in [0, 0.1) is 0 Å². The first-order valence-electron chi connectivity index (χ1n) is 6.40. The van der Waals surface area contributed by atoms with Crippen LogP contribution in [-0.4, -0.2) is 6.03 Å². The van der Waals surface area contributed by atoms with Gasteiger partial charge in [-0.3, -0.25) is 4.90 Å². The number of rotatable bonds is 2. The summed E-state index contributed by atoms with van der Waals surface area (Å²) in [5.74, 6) is 0. The van der Waals surface area contributed by atoms with Crippen LogP contribution in [0.15, 0.2) is 72.8 Å². The van der Waals surface area contributed by atoms with E-state index in [2.05, 4.69) is 0 Å². The smallest absolute Gasteiger partial charge is 0.323 e. The van der Waals surface area contributed by atoms with Gasteiger partial charge in [-0.25, -0.2) is 4.79 Å². The van der Waals surface area contributed by atoms with Gasteiger partial charge in [-0.05, 0) is 23.6 Å². The largest absolute Gasteiger partial charge is 0.351 e. The maximum atomic E-state index is 11.9. The number of amides is 2. The molecule has 0 saturated carbocycles. The minimum Gasteiger partial charge on any atom is -0.351 e. The highest BCUT2D eigenvalue weighted by Gasteiger charge is 2.16. The van der Waals surface area contributed by atoms with Crippen LogP contribution in [0.2, 0.25) is 0 Å². The summed E-state index contributed by atoms with van der Waals surface area (Å²) in [6.45, 7) is 0. The lowest BCUT2D eigenvalue weighted by Gasteiger charge is -2.22. The van der Waals surface area contributed by atoms with Gasteiger partial charge in [0.1, 0.15) is 0 Å². The highest BCUT2D eigenvalue weighted by molar-refractivity contribution is 6.07. The molecule has 3 aromatic carbocycles. The van der Waals surface area contributed by atoms with E-state index in [0.29, 0.717) is 0 Å². The molecule has 0 aromatic heterocycles. The SMILES string of the molecule is NC(=O)N(c1ccccc1)c1cccc2ccccc12. The Kier molecular flexibility index (Phi) is 3.09. The van der Waals surface area contributed by atoms with Gasteiger partial charge in [-0.1, -0.05) is 54.6 Å². The predicted octanol–water partition coefficient (Wildman–Crippen LogP) is 4.06. The average Bonchev–Trinajstić information content (AvgIpc) is 2.48. The van der Waals surface area contributed by atoms with E-state index in [9.17, 15) is 4.79 Å². The third-order valence-electron chi connectivity index (χ3n) is 3.24. The summed E-state index contributed by atoms with van der Waals surface area (Å²) in [6.07, 6.45) is 0. The molecular formula is C17H14N2O. The Morgan fingerprint density at radius 1 is 0.800 bits per heavy atom. The zero-order valence-electron chi connectivity index (χ0n) is 10.9. The van der Waals surface area contributed by atoms with Gasteiger partial charge in [0, 0.05) is 5.39 Å².